The van der Waals surface area contributed by atoms with E-state index in [-0.39, 0.29) is 11.4 Å². The second-order valence-electron chi connectivity index (χ2n) is 5.63. The van der Waals surface area contributed by atoms with Crippen molar-refractivity contribution in [1.82, 2.24) is 5.32 Å². The maximum absolute atomic E-state index is 12.0. The van der Waals surface area contributed by atoms with Gasteiger partial charge >= 0.3 is 0 Å². The third-order valence-electron chi connectivity index (χ3n) is 4.21. The minimum Gasteiger partial charge on any atom is -0.352 e. The number of amides is 1. The summed E-state index contributed by atoms with van der Waals surface area (Å²) < 4.78 is 0. The second kappa shape index (κ2) is 5.61. The molecule has 2 aliphatic rings. The predicted octanol–water partition coefficient (Wildman–Crippen LogP) is 2.05. The summed E-state index contributed by atoms with van der Waals surface area (Å²) in [6.07, 6.45) is 10.8. The molecule has 0 aromatic rings. The Bertz CT molecular complexity index is 279. The molecule has 1 amide bonds. The third-order valence-corrected chi connectivity index (χ3v) is 5.38. The van der Waals surface area contributed by atoms with Crippen molar-refractivity contribution in [3.8, 4) is 0 Å². The van der Waals surface area contributed by atoms with E-state index in [1.807, 2.05) is 11.8 Å². The van der Waals surface area contributed by atoms with Gasteiger partial charge < -0.3 is 11.1 Å². The fourth-order valence-electron chi connectivity index (χ4n) is 2.93. The maximum Gasteiger partial charge on any atom is 0.222 e. The number of hydrogen-bond acceptors (Lipinski definition) is 3. The number of carbonyl (C=O) groups is 1. The zero-order chi connectivity index (χ0) is 12.3. The molecule has 2 rings (SSSR count). The molecule has 3 nitrogen and oxygen atoms in total. The molecule has 0 bridgehead atoms. The highest BCUT2D eigenvalue weighted by atomic mass is 32.2. The molecule has 2 aliphatic carbocycles. The first-order chi connectivity index (χ1) is 8.13. The van der Waals surface area contributed by atoms with Gasteiger partial charge in [0, 0.05) is 23.3 Å². The summed E-state index contributed by atoms with van der Waals surface area (Å²) in [5.41, 5.74) is 5.92. The summed E-state index contributed by atoms with van der Waals surface area (Å²) in [5.74, 6) is 0.165. The SMILES string of the molecule is CSC1CCCCC1NC(=O)CC1(N)CCC1. The Balaban J connectivity index is 1.80. The smallest absolute Gasteiger partial charge is 0.222 e. The molecule has 17 heavy (non-hydrogen) atoms. The van der Waals surface area contributed by atoms with E-state index >= 15 is 0 Å². The molecular weight excluding hydrogens is 232 g/mol. The maximum atomic E-state index is 12.0. The average Bonchev–Trinajstić information content (AvgIpc) is 2.27. The first kappa shape index (κ1) is 13.2. The summed E-state index contributed by atoms with van der Waals surface area (Å²) in [5, 5.41) is 3.80. The van der Waals surface area contributed by atoms with Crippen LogP contribution in [0.5, 0.6) is 0 Å². The molecule has 0 aromatic heterocycles. The van der Waals surface area contributed by atoms with Gasteiger partial charge in [0.25, 0.3) is 0 Å². The van der Waals surface area contributed by atoms with Crippen molar-refractivity contribution in [2.75, 3.05) is 6.26 Å². The molecule has 0 aromatic carbocycles. The Morgan fingerprint density at radius 2 is 2.06 bits per heavy atom. The highest BCUT2D eigenvalue weighted by molar-refractivity contribution is 7.99. The minimum absolute atomic E-state index is 0.165. The highest BCUT2D eigenvalue weighted by Crippen LogP contribution is 2.32. The number of carbonyl (C=O) groups excluding carboxylic acids is 1. The molecule has 2 saturated carbocycles. The summed E-state index contributed by atoms with van der Waals surface area (Å²) in [4.78, 5) is 12.0. The summed E-state index contributed by atoms with van der Waals surface area (Å²) >= 11 is 1.89. The number of nitrogens with two attached hydrogens (primary N) is 1. The fourth-order valence-corrected chi connectivity index (χ4v) is 3.86. The molecule has 4 heteroatoms. The molecule has 2 atom stereocenters. The Hall–Kier alpha value is -0.220. The van der Waals surface area contributed by atoms with Gasteiger partial charge in [-0.05, 0) is 38.4 Å². The van der Waals surface area contributed by atoms with Gasteiger partial charge in [-0.15, -0.1) is 0 Å². The summed E-state index contributed by atoms with van der Waals surface area (Å²) in [7, 11) is 0. The number of rotatable bonds is 4. The first-order valence-corrected chi connectivity index (χ1v) is 8.03. The van der Waals surface area contributed by atoms with Gasteiger partial charge in [-0.2, -0.15) is 11.8 Å². The molecule has 0 heterocycles. The molecule has 0 saturated heterocycles. The van der Waals surface area contributed by atoms with Gasteiger partial charge in [0.05, 0.1) is 0 Å². The molecule has 0 radical (unpaired) electrons. The van der Waals surface area contributed by atoms with E-state index in [0.29, 0.717) is 17.7 Å². The van der Waals surface area contributed by atoms with E-state index < -0.39 is 0 Å². The van der Waals surface area contributed by atoms with Crippen LogP contribution < -0.4 is 11.1 Å². The zero-order valence-electron chi connectivity index (χ0n) is 10.7. The molecular formula is C13H24N2OS. The minimum atomic E-state index is -0.187. The largest absolute Gasteiger partial charge is 0.352 e. The van der Waals surface area contributed by atoms with Crippen LogP contribution in [0.2, 0.25) is 0 Å². The van der Waals surface area contributed by atoms with Crippen LogP contribution in [0.15, 0.2) is 0 Å². The topological polar surface area (TPSA) is 55.1 Å². The van der Waals surface area contributed by atoms with Crippen molar-refractivity contribution in [2.45, 2.75) is 68.2 Å². The quantitative estimate of drug-likeness (QED) is 0.809. The molecule has 0 aliphatic heterocycles. The molecule has 3 N–H and O–H groups in total. The van der Waals surface area contributed by atoms with Gasteiger partial charge in [0.1, 0.15) is 0 Å². The number of hydrogen-bond donors (Lipinski definition) is 2. The van der Waals surface area contributed by atoms with Crippen molar-refractivity contribution in [2.24, 2.45) is 5.73 Å². The standard InChI is InChI=1S/C13H24N2OS/c1-17-11-6-3-2-5-10(11)15-12(16)9-13(14)7-4-8-13/h10-11H,2-9,14H2,1H3,(H,15,16). The van der Waals surface area contributed by atoms with Crippen LogP contribution in [0.25, 0.3) is 0 Å². The Kier molecular flexibility index (Phi) is 4.36. The molecule has 98 valence electrons. The monoisotopic (exact) mass is 256 g/mol. The van der Waals surface area contributed by atoms with E-state index in [1.54, 1.807) is 0 Å². The Morgan fingerprint density at radius 3 is 2.65 bits per heavy atom. The number of thioether (sulfide) groups is 1. The third kappa shape index (κ3) is 3.38. The number of nitrogens with one attached hydrogen (secondary N) is 1. The lowest BCUT2D eigenvalue weighted by Crippen LogP contribution is -2.52. The van der Waals surface area contributed by atoms with Gasteiger partial charge in [-0.3, -0.25) is 4.79 Å². The highest BCUT2D eigenvalue weighted by Gasteiger charge is 2.35. The van der Waals surface area contributed by atoms with E-state index in [4.69, 9.17) is 5.73 Å². The Labute approximate surface area is 108 Å². The molecule has 0 spiro atoms. The van der Waals surface area contributed by atoms with Crippen molar-refractivity contribution < 1.29 is 4.79 Å². The van der Waals surface area contributed by atoms with Gasteiger partial charge in [0.15, 0.2) is 0 Å². The summed E-state index contributed by atoms with van der Waals surface area (Å²) in [6, 6.07) is 0.370. The second-order valence-corrected chi connectivity index (χ2v) is 6.70. The van der Waals surface area contributed by atoms with Crippen LogP contribution >= 0.6 is 11.8 Å². The van der Waals surface area contributed by atoms with Crippen molar-refractivity contribution in [1.29, 1.82) is 0 Å². The van der Waals surface area contributed by atoms with Crippen LogP contribution in [0, 0.1) is 0 Å². The van der Waals surface area contributed by atoms with E-state index in [0.717, 1.165) is 19.3 Å². The summed E-state index contributed by atoms with van der Waals surface area (Å²) in [6.45, 7) is 0. The van der Waals surface area contributed by atoms with E-state index in [9.17, 15) is 4.79 Å². The van der Waals surface area contributed by atoms with E-state index in [1.165, 1.54) is 25.7 Å². The van der Waals surface area contributed by atoms with Crippen LogP contribution in [0.4, 0.5) is 0 Å². The van der Waals surface area contributed by atoms with Crippen LogP contribution in [-0.4, -0.2) is 29.0 Å². The Morgan fingerprint density at radius 1 is 1.35 bits per heavy atom. The van der Waals surface area contributed by atoms with Crippen LogP contribution in [0.3, 0.4) is 0 Å². The lowest BCUT2D eigenvalue weighted by Gasteiger charge is -2.38. The van der Waals surface area contributed by atoms with Gasteiger partial charge in [0.2, 0.25) is 5.91 Å². The average molecular weight is 256 g/mol. The lowest BCUT2D eigenvalue weighted by molar-refractivity contribution is -0.123. The van der Waals surface area contributed by atoms with Crippen LogP contribution in [-0.2, 0) is 4.79 Å². The van der Waals surface area contributed by atoms with Gasteiger partial charge in [-0.1, -0.05) is 12.8 Å². The van der Waals surface area contributed by atoms with Crippen molar-refractivity contribution in [3.05, 3.63) is 0 Å². The van der Waals surface area contributed by atoms with Crippen LogP contribution in [0.1, 0.15) is 51.4 Å². The van der Waals surface area contributed by atoms with Gasteiger partial charge in [-0.25, -0.2) is 0 Å². The van der Waals surface area contributed by atoms with E-state index in [2.05, 4.69) is 11.6 Å². The van der Waals surface area contributed by atoms with Crippen molar-refractivity contribution >= 4 is 17.7 Å². The molecule has 2 unspecified atom stereocenters. The first-order valence-electron chi connectivity index (χ1n) is 6.74. The lowest BCUT2D eigenvalue weighted by atomic mass is 9.75. The zero-order valence-corrected chi connectivity index (χ0v) is 11.5. The van der Waals surface area contributed by atoms with Crippen molar-refractivity contribution in [3.63, 3.8) is 0 Å². The fraction of sp³-hybridized carbons (Fsp3) is 0.923. The molecule has 2 fully saturated rings. The predicted molar refractivity (Wildman–Crippen MR) is 73.1 cm³/mol. The normalized spacial score (nSPS) is 31.6.